The van der Waals surface area contributed by atoms with Crippen molar-refractivity contribution in [3.8, 4) is 0 Å². The number of hydrogen-bond donors (Lipinski definition) is 0. The number of morpholine rings is 1. The minimum atomic E-state index is 0.222. The molecule has 0 amide bonds. The molecule has 1 aliphatic heterocycles. The third-order valence-corrected chi connectivity index (χ3v) is 8.60. The summed E-state index contributed by atoms with van der Waals surface area (Å²) in [4.78, 5) is 2.53. The van der Waals surface area contributed by atoms with Crippen LogP contribution in [0.15, 0.2) is 36.9 Å². The van der Waals surface area contributed by atoms with E-state index in [0.717, 1.165) is 57.6 Å². The summed E-state index contributed by atoms with van der Waals surface area (Å²) in [5, 5.41) is 0. The van der Waals surface area contributed by atoms with Crippen LogP contribution in [0, 0.1) is 17.3 Å². The molecule has 3 rings (SSSR count). The highest BCUT2D eigenvalue weighted by atomic mass is 16.5. The van der Waals surface area contributed by atoms with Crippen LogP contribution >= 0.6 is 0 Å². The van der Waals surface area contributed by atoms with E-state index in [2.05, 4.69) is 69.5 Å². The SMILES string of the molecule is C=CC(CC)(CC(C)C)CC(C)OCC1CCC(c2ccc(CCCN3CCOCC3)cc2)CC1.CC. The average molecular weight is 514 g/mol. The molecule has 0 spiro atoms. The zero-order valence-corrected chi connectivity index (χ0v) is 25.3. The first-order valence-electron chi connectivity index (χ1n) is 15.6. The van der Waals surface area contributed by atoms with Gasteiger partial charge in [-0.25, -0.2) is 0 Å². The van der Waals surface area contributed by atoms with Crippen molar-refractivity contribution in [2.75, 3.05) is 39.5 Å². The fraction of sp³-hybridized carbons (Fsp3) is 0.765. The Balaban J connectivity index is 0.00000235. The molecular formula is C34H59NO2. The maximum atomic E-state index is 6.40. The van der Waals surface area contributed by atoms with Crippen LogP contribution in [-0.4, -0.2) is 50.5 Å². The molecule has 0 aromatic heterocycles. The van der Waals surface area contributed by atoms with Gasteiger partial charge in [0.2, 0.25) is 0 Å². The molecule has 1 saturated carbocycles. The van der Waals surface area contributed by atoms with Crippen LogP contribution in [0.3, 0.4) is 0 Å². The van der Waals surface area contributed by atoms with Crippen molar-refractivity contribution < 1.29 is 9.47 Å². The molecule has 0 bridgehead atoms. The van der Waals surface area contributed by atoms with E-state index >= 15 is 0 Å². The Hall–Kier alpha value is -1.16. The summed E-state index contributed by atoms with van der Waals surface area (Å²) in [6, 6.07) is 9.56. The van der Waals surface area contributed by atoms with Gasteiger partial charge in [0.05, 0.1) is 19.3 Å². The van der Waals surface area contributed by atoms with Crippen LogP contribution in [0.2, 0.25) is 0 Å². The lowest BCUT2D eigenvalue weighted by molar-refractivity contribution is 0.00453. The Bertz CT molecular complexity index is 716. The normalized spacial score (nSPS) is 23.1. The molecule has 1 aromatic carbocycles. The fourth-order valence-electron chi connectivity index (χ4n) is 6.38. The summed E-state index contributed by atoms with van der Waals surface area (Å²) in [7, 11) is 0. The first-order valence-corrected chi connectivity index (χ1v) is 15.6. The van der Waals surface area contributed by atoms with Crippen molar-refractivity contribution in [3.63, 3.8) is 0 Å². The van der Waals surface area contributed by atoms with Gasteiger partial charge in [-0.3, -0.25) is 4.90 Å². The van der Waals surface area contributed by atoms with Crippen molar-refractivity contribution in [1.82, 2.24) is 4.90 Å². The Morgan fingerprint density at radius 3 is 2.24 bits per heavy atom. The van der Waals surface area contributed by atoms with E-state index in [4.69, 9.17) is 9.47 Å². The summed E-state index contributed by atoms with van der Waals surface area (Å²) < 4.78 is 11.9. The smallest absolute Gasteiger partial charge is 0.0594 e. The molecule has 2 aliphatic rings. The van der Waals surface area contributed by atoms with E-state index < -0.39 is 0 Å². The lowest BCUT2D eigenvalue weighted by Gasteiger charge is -2.35. The van der Waals surface area contributed by atoms with E-state index in [1.165, 1.54) is 57.1 Å². The fourth-order valence-corrected chi connectivity index (χ4v) is 6.38. The van der Waals surface area contributed by atoms with Gasteiger partial charge in [0.1, 0.15) is 0 Å². The van der Waals surface area contributed by atoms with Gasteiger partial charge in [-0.15, -0.1) is 6.58 Å². The molecule has 2 atom stereocenters. The van der Waals surface area contributed by atoms with E-state index in [1.54, 1.807) is 5.56 Å². The molecule has 1 saturated heterocycles. The number of benzene rings is 1. The van der Waals surface area contributed by atoms with Crippen LogP contribution in [0.1, 0.15) is 110 Å². The maximum Gasteiger partial charge on any atom is 0.0594 e. The van der Waals surface area contributed by atoms with Crippen LogP contribution in [0.4, 0.5) is 0 Å². The van der Waals surface area contributed by atoms with Crippen molar-refractivity contribution >= 4 is 0 Å². The number of ether oxygens (including phenoxy) is 2. The highest BCUT2D eigenvalue weighted by Crippen LogP contribution is 2.39. The summed E-state index contributed by atoms with van der Waals surface area (Å²) in [6.45, 7) is 23.5. The molecule has 0 radical (unpaired) electrons. The first kappa shape index (κ1) is 32.1. The van der Waals surface area contributed by atoms with Gasteiger partial charge in [0, 0.05) is 19.7 Å². The largest absolute Gasteiger partial charge is 0.379 e. The van der Waals surface area contributed by atoms with E-state index in [9.17, 15) is 0 Å². The number of nitrogens with zero attached hydrogens (tertiary/aromatic N) is 1. The quantitative estimate of drug-likeness (QED) is 0.232. The Morgan fingerprint density at radius 1 is 1.03 bits per heavy atom. The van der Waals surface area contributed by atoms with Gasteiger partial charge in [-0.1, -0.05) is 65.0 Å². The molecule has 37 heavy (non-hydrogen) atoms. The zero-order valence-electron chi connectivity index (χ0n) is 25.3. The van der Waals surface area contributed by atoms with Gasteiger partial charge >= 0.3 is 0 Å². The van der Waals surface area contributed by atoms with Gasteiger partial charge in [-0.2, -0.15) is 0 Å². The highest BCUT2D eigenvalue weighted by Gasteiger charge is 2.29. The molecule has 1 aliphatic carbocycles. The monoisotopic (exact) mass is 513 g/mol. The lowest BCUT2D eigenvalue weighted by atomic mass is 9.74. The summed E-state index contributed by atoms with van der Waals surface area (Å²) in [5.41, 5.74) is 3.25. The van der Waals surface area contributed by atoms with Crippen LogP contribution in [0.5, 0.6) is 0 Å². The summed E-state index contributed by atoms with van der Waals surface area (Å²) in [6.07, 6.45) is 13.6. The van der Waals surface area contributed by atoms with Crippen LogP contribution < -0.4 is 0 Å². The Kier molecular flexibility index (Phi) is 15.1. The van der Waals surface area contributed by atoms with Gasteiger partial charge in [0.15, 0.2) is 0 Å². The second kappa shape index (κ2) is 17.4. The molecule has 2 fully saturated rings. The van der Waals surface area contributed by atoms with E-state index in [1.807, 2.05) is 13.8 Å². The predicted molar refractivity (Wildman–Crippen MR) is 160 cm³/mol. The molecular weight excluding hydrogens is 454 g/mol. The van der Waals surface area contributed by atoms with Gasteiger partial charge < -0.3 is 9.47 Å². The van der Waals surface area contributed by atoms with Crippen molar-refractivity contribution in [2.45, 2.75) is 111 Å². The molecule has 1 heterocycles. The standard InChI is InChI=1S/C32H53NO2.C2H6/c1-6-32(7-2,23-26(3)4)24-27(5)35-25-29-12-16-31(17-13-29)30-14-10-28(11-15-30)9-8-18-33-19-21-34-22-20-33;1-2/h6,10-11,14-15,26-27,29,31H,1,7-9,12-13,16-25H2,2-5H3;1-2H3. The second-order valence-corrected chi connectivity index (χ2v) is 11.9. The van der Waals surface area contributed by atoms with Crippen LogP contribution in [-0.2, 0) is 15.9 Å². The van der Waals surface area contributed by atoms with Gasteiger partial charge in [0.25, 0.3) is 0 Å². The first-order chi connectivity index (χ1) is 17.9. The molecule has 3 nitrogen and oxygen atoms in total. The predicted octanol–water partition coefficient (Wildman–Crippen LogP) is 8.68. The number of aryl methyl sites for hydroxylation is 1. The van der Waals surface area contributed by atoms with Crippen molar-refractivity contribution in [3.05, 3.63) is 48.0 Å². The third-order valence-electron chi connectivity index (χ3n) is 8.60. The highest BCUT2D eigenvalue weighted by molar-refractivity contribution is 5.26. The number of hydrogen-bond acceptors (Lipinski definition) is 3. The zero-order chi connectivity index (χ0) is 27.1. The number of allylic oxidation sites excluding steroid dienone is 1. The van der Waals surface area contributed by atoms with Crippen molar-refractivity contribution in [2.24, 2.45) is 17.3 Å². The number of rotatable bonds is 14. The molecule has 1 aromatic rings. The minimum absolute atomic E-state index is 0.222. The molecule has 0 N–H and O–H groups in total. The van der Waals surface area contributed by atoms with Gasteiger partial charge in [-0.05, 0) is 106 Å². The lowest BCUT2D eigenvalue weighted by Crippen LogP contribution is -2.36. The Morgan fingerprint density at radius 2 is 1.68 bits per heavy atom. The maximum absolute atomic E-state index is 6.40. The Labute approximate surface area is 230 Å². The van der Waals surface area contributed by atoms with E-state index in [0.29, 0.717) is 12.0 Å². The van der Waals surface area contributed by atoms with E-state index in [-0.39, 0.29) is 5.41 Å². The van der Waals surface area contributed by atoms with Crippen LogP contribution in [0.25, 0.3) is 0 Å². The summed E-state index contributed by atoms with van der Waals surface area (Å²) >= 11 is 0. The van der Waals surface area contributed by atoms with Crippen molar-refractivity contribution in [1.29, 1.82) is 0 Å². The summed E-state index contributed by atoms with van der Waals surface area (Å²) in [5.74, 6) is 2.14. The minimum Gasteiger partial charge on any atom is -0.379 e. The molecule has 3 heteroatoms. The molecule has 2 unspecified atom stereocenters. The second-order valence-electron chi connectivity index (χ2n) is 11.9. The third kappa shape index (κ3) is 11.2. The average Bonchev–Trinajstić information content (AvgIpc) is 2.93. The topological polar surface area (TPSA) is 21.7 Å². The molecule has 212 valence electrons.